The molecule has 274 valence electrons. The molecule has 1 saturated heterocycles. The second-order valence-electron chi connectivity index (χ2n) is 14.9. The van der Waals surface area contributed by atoms with Crippen molar-refractivity contribution in [3.63, 3.8) is 0 Å². The van der Waals surface area contributed by atoms with Gasteiger partial charge in [0.2, 0.25) is 17.7 Å². The van der Waals surface area contributed by atoms with Crippen molar-refractivity contribution in [2.24, 2.45) is 5.41 Å². The normalized spacial score (nSPS) is 15.8. The predicted octanol–water partition coefficient (Wildman–Crippen LogP) is 4.76. The van der Waals surface area contributed by atoms with Gasteiger partial charge in [-0.25, -0.2) is 9.59 Å². The number of alkyl carbamates (subject to hydrolysis) is 1. The van der Waals surface area contributed by atoms with E-state index >= 15 is 0 Å². The second-order valence-corrected chi connectivity index (χ2v) is 14.9. The first kappa shape index (κ1) is 39.8. The van der Waals surface area contributed by atoms with Gasteiger partial charge < -0.3 is 29.9 Å². The van der Waals surface area contributed by atoms with Gasteiger partial charge in [0.05, 0.1) is 0 Å². The molecule has 2 N–H and O–H groups in total. The Labute approximate surface area is 296 Å². The second kappa shape index (κ2) is 17.9. The lowest BCUT2D eigenvalue weighted by Crippen LogP contribution is -2.60. The van der Waals surface area contributed by atoms with Gasteiger partial charge in [-0.05, 0) is 63.5 Å². The Balaban J connectivity index is 1.71. The lowest BCUT2D eigenvalue weighted by atomic mass is 9.85. The SMILES string of the molecule is C[C@@H](C(=O)N[C@H](C(=O)N1CCC[C@H]1CN(CCc1ccccc1)C(=O)CNC(=O)OCc1ccccc1)C(C)(C)C)N(C)C(=O)OC(C)(C)C. The van der Waals surface area contributed by atoms with Crippen LogP contribution in [-0.4, -0.2) is 102 Å². The maximum Gasteiger partial charge on any atom is 0.410 e. The number of likely N-dealkylation sites (N-methyl/N-ethyl adjacent to an activating group) is 1. The van der Waals surface area contributed by atoms with Crippen LogP contribution in [0.1, 0.15) is 72.4 Å². The van der Waals surface area contributed by atoms with Crippen LogP contribution in [0.15, 0.2) is 60.7 Å². The minimum Gasteiger partial charge on any atom is -0.445 e. The van der Waals surface area contributed by atoms with Crippen molar-refractivity contribution in [2.75, 3.05) is 33.2 Å². The molecule has 5 amide bonds. The number of hydrogen-bond donors (Lipinski definition) is 2. The highest BCUT2D eigenvalue weighted by Gasteiger charge is 2.41. The Morgan fingerprint density at radius 1 is 0.920 bits per heavy atom. The largest absolute Gasteiger partial charge is 0.445 e. The fourth-order valence-electron chi connectivity index (χ4n) is 5.58. The van der Waals surface area contributed by atoms with Crippen LogP contribution in [0.25, 0.3) is 0 Å². The highest BCUT2D eigenvalue weighted by atomic mass is 16.6. The third-order valence-corrected chi connectivity index (χ3v) is 8.60. The molecule has 0 aromatic heterocycles. The number of carbonyl (C=O) groups excluding carboxylic acids is 5. The molecule has 1 fully saturated rings. The van der Waals surface area contributed by atoms with Gasteiger partial charge >= 0.3 is 12.2 Å². The van der Waals surface area contributed by atoms with Crippen molar-refractivity contribution < 1.29 is 33.4 Å². The van der Waals surface area contributed by atoms with Gasteiger partial charge in [0.1, 0.15) is 30.8 Å². The zero-order valence-corrected chi connectivity index (χ0v) is 30.9. The van der Waals surface area contributed by atoms with E-state index in [0.29, 0.717) is 25.9 Å². The first-order valence-corrected chi connectivity index (χ1v) is 17.3. The van der Waals surface area contributed by atoms with E-state index in [1.54, 1.807) is 37.5 Å². The molecule has 2 aromatic rings. The number of benzene rings is 2. The van der Waals surface area contributed by atoms with Crippen LogP contribution in [0.5, 0.6) is 0 Å². The summed E-state index contributed by atoms with van der Waals surface area (Å²) >= 11 is 0. The molecular weight excluding hydrogens is 638 g/mol. The van der Waals surface area contributed by atoms with Gasteiger partial charge in [0.15, 0.2) is 0 Å². The third-order valence-electron chi connectivity index (χ3n) is 8.60. The summed E-state index contributed by atoms with van der Waals surface area (Å²) in [4.78, 5) is 70.9. The maximum atomic E-state index is 14.2. The van der Waals surface area contributed by atoms with Crippen LogP contribution in [0.2, 0.25) is 0 Å². The minimum atomic E-state index is -0.894. The molecule has 12 nitrogen and oxygen atoms in total. The fraction of sp³-hybridized carbons (Fsp3) is 0.553. The Morgan fingerprint density at radius 3 is 2.10 bits per heavy atom. The van der Waals surface area contributed by atoms with Crippen LogP contribution in [-0.2, 0) is 36.9 Å². The smallest absolute Gasteiger partial charge is 0.410 e. The van der Waals surface area contributed by atoms with Crippen molar-refractivity contribution in [1.29, 1.82) is 0 Å². The van der Waals surface area contributed by atoms with E-state index in [2.05, 4.69) is 10.6 Å². The fourth-order valence-corrected chi connectivity index (χ4v) is 5.58. The summed E-state index contributed by atoms with van der Waals surface area (Å²) in [6.07, 6.45) is 0.672. The zero-order chi connectivity index (χ0) is 37.1. The molecule has 0 spiro atoms. The molecule has 2 aromatic carbocycles. The van der Waals surface area contributed by atoms with Gasteiger partial charge in [-0.2, -0.15) is 0 Å². The molecule has 3 atom stereocenters. The van der Waals surface area contributed by atoms with Crippen molar-refractivity contribution in [1.82, 2.24) is 25.3 Å². The molecule has 0 bridgehead atoms. The molecule has 0 unspecified atom stereocenters. The van der Waals surface area contributed by atoms with Gasteiger partial charge in [0.25, 0.3) is 0 Å². The molecule has 50 heavy (non-hydrogen) atoms. The van der Waals surface area contributed by atoms with Gasteiger partial charge in [-0.15, -0.1) is 0 Å². The first-order valence-electron chi connectivity index (χ1n) is 17.3. The number of hydrogen-bond acceptors (Lipinski definition) is 7. The Morgan fingerprint density at radius 2 is 1.52 bits per heavy atom. The van der Waals surface area contributed by atoms with E-state index in [0.717, 1.165) is 17.5 Å². The number of nitrogens with one attached hydrogen (secondary N) is 2. The molecule has 0 aliphatic carbocycles. The van der Waals surface area contributed by atoms with Crippen LogP contribution in [0, 0.1) is 5.41 Å². The maximum absolute atomic E-state index is 14.2. The topological polar surface area (TPSA) is 138 Å². The highest BCUT2D eigenvalue weighted by molar-refractivity contribution is 5.92. The molecular formula is C38H55N5O7. The van der Waals surface area contributed by atoms with Crippen molar-refractivity contribution >= 4 is 29.9 Å². The predicted molar refractivity (Wildman–Crippen MR) is 191 cm³/mol. The monoisotopic (exact) mass is 693 g/mol. The first-order chi connectivity index (χ1) is 23.5. The third kappa shape index (κ3) is 12.4. The number of amides is 5. The van der Waals surface area contributed by atoms with E-state index in [4.69, 9.17) is 9.47 Å². The summed E-state index contributed by atoms with van der Waals surface area (Å²) in [5.41, 5.74) is 0.505. The number of likely N-dealkylation sites (tertiary alicyclic amines) is 1. The number of nitrogens with zero attached hydrogens (tertiary/aromatic N) is 3. The quantitative estimate of drug-likeness (QED) is 0.309. The molecule has 1 aliphatic rings. The Bertz CT molecular complexity index is 1440. The molecule has 0 saturated carbocycles. The average molecular weight is 694 g/mol. The number of rotatable bonds is 13. The van der Waals surface area contributed by atoms with E-state index in [1.165, 1.54) is 11.9 Å². The van der Waals surface area contributed by atoms with Crippen molar-refractivity contribution in [2.45, 2.75) is 98.1 Å². The zero-order valence-electron chi connectivity index (χ0n) is 30.9. The van der Waals surface area contributed by atoms with Gasteiger partial charge in [-0.1, -0.05) is 81.4 Å². The average Bonchev–Trinajstić information content (AvgIpc) is 3.53. The summed E-state index contributed by atoms with van der Waals surface area (Å²) in [5, 5.41) is 5.48. The van der Waals surface area contributed by atoms with E-state index < -0.39 is 41.2 Å². The minimum absolute atomic E-state index is 0.0826. The highest BCUT2D eigenvalue weighted by Crippen LogP contribution is 2.27. The molecule has 0 radical (unpaired) electrons. The van der Waals surface area contributed by atoms with Crippen LogP contribution < -0.4 is 10.6 Å². The van der Waals surface area contributed by atoms with E-state index in [1.807, 2.05) is 81.4 Å². The van der Waals surface area contributed by atoms with Crippen LogP contribution >= 0.6 is 0 Å². The van der Waals surface area contributed by atoms with Gasteiger partial charge in [0, 0.05) is 32.7 Å². The summed E-state index contributed by atoms with van der Waals surface area (Å²) in [6, 6.07) is 17.0. The summed E-state index contributed by atoms with van der Waals surface area (Å²) in [5.74, 6) is -1.03. The number of carbonyl (C=O) groups is 5. The molecule has 1 heterocycles. The molecule has 3 rings (SSSR count). The lowest BCUT2D eigenvalue weighted by molar-refractivity contribution is -0.142. The van der Waals surface area contributed by atoms with Crippen LogP contribution in [0.3, 0.4) is 0 Å². The number of ether oxygens (including phenoxy) is 2. The van der Waals surface area contributed by atoms with Gasteiger partial charge in [-0.3, -0.25) is 19.3 Å². The summed E-state index contributed by atoms with van der Waals surface area (Å²) < 4.78 is 10.7. The summed E-state index contributed by atoms with van der Waals surface area (Å²) in [7, 11) is 1.49. The standard InChI is InChI=1S/C38H55N5O7/c1-27(41(8)36(48)50-38(5,6)7)33(45)40-32(37(2,3)4)34(46)43-22-15-20-30(43)25-42(23-21-28-16-11-9-12-17-28)31(44)24-39-35(47)49-26-29-18-13-10-14-19-29/h9-14,16-19,27,30,32H,15,20-26H2,1-8H3,(H,39,47)(H,40,45)/t27-,30-,32+/m0/s1. The van der Waals surface area contributed by atoms with Crippen LogP contribution in [0.4, 0.5) is 9.59 Å². The Kier molecular flexibility index (Phi) is 14.2. The van der Waals surface area contributed by atoms with Crippen molar-refractivity contribution in [3.8, 4) is 0 Å². The van der Waals surface area contributed by atoms with Crippen molar-refractivity contribution in [3.05, 3.63) is 71.8 Å². The molecule has 12 heteroatoms. The molecule has 1 aliphatic heterocycles. The Hall–Kier alpha value is -4.61. The van der Waals surface area contributed by atoms with E-state index in [-0.39, 0.29) is 37.6 Å². The summed E-state index contributed by atoms with van der Waals surface area (Å²) in [6.45, 7) is 13.4. The van der Waals surface area contributed by atoms with E-state index in [9.17, 15) is 24.0 Å². The lowest BCUT2D eigenvalue weighted by Gasteiger charge is -2.38.